The molecule has 0 radical (unpaired) electrons. The van der Waals surface area contributed by atoms with Gasteiger partial charge >= 0.3 is 16.2 Å². The van der Waals surface area contributed by atoms with Gasteiger partial charge < -0.3 is 4.74 Å². The summed E-state index contributed by atoms with van der Waals surface area (Å²) in [7, 11) is -4.60. The summed E-state index contributed by atoms with van der Waals surface area (Å²) in [4.78, 5) is 11.2. The van der Waals surface area contributed by atoms with Gasteiger partial charge in [0.15, 0.2) is 0 Å². The van der Waals surface area contributed by atoms with Crippen molar-refractivity contribution in [2.24, 2.45) is 0 Å². The summed E-state index contributed by atoms with van der Waals surface area (Å²) in [5.74, 6) is -0.255. The molecule has 0 aliphatic heterocycles. The molecule has 0 fully saturated rings. The van der Waals surface area contributed by atoms with Gasteiger partial charge in [0, 0.05) is 6.42 Å². The zero-order valence-electron chi connectivity index (χ0n) is 10.5. The normalized spacial score (nSPS) is 11.7. The molecule has 1 aromatic rings. The molecule has 0 saturated carbocycles. The fourth-order valence-corrected chi connectivity index (χ4v) is 1.75. The third-order valence-electron chi connectivity index (χ3n) is 2.33. The van der Waals surface area contributed by atoms with E-state index in [2.05, 4.69) is 0 Å². The van der Waals surface area contributed by atoms with Gasteiger partial charge in [0.25, 0.3) is 0 Å². The van der Waals surface area contributed by atoms with Crippen molar-refractivity contribution >= 4 is 22.3 Å². The van der Waals surface area contributed by atoms with Gasteiger partial charge in [0.2, 0.25) is 0 Å². The molecule has 0 aliphatic rings. The van der Waals surface area contributed by atoms with Crippen LogP contribution in [-0.4, -0.2) is 21.0 Å². The third kappa shape index (κ3) is 6.71. The van der Waals surface area contributed by atoms with Crippen LogP contribution in [0.2, 0.25) is 0 Å². The van der Waals surface area contributed by atoms with Crippen LogP contribution in [0.15, 0.2) is 29.7 Å². The number of carbonyl (C=O) groups is 1. The fourth-order valence-electron chi connectivity index (χ4n) is 1.43. The lowest BCUT2D eigenvalue weighted by Gasteiger charge is -2.02. The highest BCUT2D eigenvalue weighted by Crippen LogP contribution is 2.10. The second kappa shape index (κ2) is 7.04. The van der Waals surface area contributed by atoms with Gasteiger partial charge in [-0.2, -0.15) is 8.42 Å². The van der Waals surface area contributed by atoms with Crippen molar-refractivity contribution in [3.05, 3.63) is 40.8 Å². The monoisotopic (exact) mass is 286 g/mol. The Bertz CT molecular complexity index is 547. The first kappa shape index (κ1) is 15.4. The summed E-state index contributed by atoms with van der Waals surface area (Å²) in [5, 5.41) is 0.501. The van der Waals surface area contributed by atoms with Crippen molar-refractivity contribution in [1.29, 1.82) is 0 Å². The van der Waals surface area contributed by atoms with Crippen LogP contribution in [0, 0.1) is 0 Å². The van der Waals surface area contributed by atoms with E-state index in [0.29, 0.717) is 30.4 Å². The topological polar surface area (TPSA) is 60.4 Å². The Morgan fingerprint density at radius 2 is 1.95 bits per heavy atom. The number of carbonyl (C=O) groups excluding carboxylic acids is 1. The third-order valence-corrected chi connectivity index (χ3v) is 2.79. The largest absolute Gasteiger partial charge is 0.466 e. The molecule has 0 amide bonds. The second-order valence-electron chi connectivity index (χ2n) is 3.82. The van der Waals surface area contributed by atoms with Crippen LogP contribution in [0.4, 0.5) is 3.89 Å². The number of esters is 1. The highest BCUT2D eigenvalue weighted by Gasteiger charge is 2.03. The van der Waals surface area contributed by atoms with Crippen molar-refractivity contribution in [2.75, 3.05) is 6.61 Å². The predicted octanol–water partition coefficient (Wildman–Crippen LogP) is 2.45. The van der Waals surface area contributed by atoms with Crippen molar-refractivity contribution < 1.29 is 21.8 Å². The van der Waals surface area contributed by atoms with Crippen LogP contribution in [0.3, 0.4) is 0 Å². The molecule has 4 nitrogen and oxygen atoms in total. The maximum atomic E-state index is 12.3. The number of hydrogen-bond acceptors (Lipinski definition) is 4. The number of rotatable bonds is 6. The maximum Gasteiger partial charge on any atom is 0.325 e. The molecule has 0 spiro atoms. The molecule has 19 heavy (non-hydrogen) atoms. The lowest BCUT2D eigenvalue weighted by molar-refractivity contribution is -0.143. The maximum absolute atomic E-state index is 12.3. The summed E-state index contributed by atoms with van der Waals surface area (Å²) in [6.07, 6.45) is 2.01. The van der Waals surface area contributed by atoms with Gasteiger partial charge in [0.1, 0.15) is 0 Å². The standard InChI is InChI=1S/C13H15FO4S/c1-2-18-13(15)8-7-11-3-5-12(6-4-11)9-10-19(14,16)17/h3-6,9-10H,2,7-8H2,1H3. The molecule has 104 valence electrons. The average Bonchev–Trinajstić information content (AvgIpc) is 2.34. The first-order valence-corrected chi connectivity index (χ1v) is 7.22. The zero-order chi connectivity index (χ0) is 14.3. The lowest BCUT2D eigenvalue weighted by atomic mass is 10.1. The molecule has 0 saturated heterocycles. The Morgan fingerprint density at radius 1 is 1.32 bits per heavy atom. The van der Waals surface area contributed by atoms with E-state index >= 15 is 0 Å². The number of benzene rings is 1. The molecule has 0 aromatic heterocycles. The molecule has 0 N–H and O–H groups in total. The minimum atomic E-state index is -4.60. The Balaban J connectivity index is 2.57. The first-order chi connectivity index (χ1) is 8.90. The van der Waals surface area contributed by atoms with E-state index in [-0.39, 0.29) is 5.97 Å². The number of hydrogen-bond donors (Lipinski definition) is 0. The summed E-state index contributed by atoms with van der Waals surface area (Å²) >= 11 is 0. The van der Waals surface area contributed by atoms with Crippen LogP contribution in [0.25, 0.3) is 6.08 Å². The van der Waals surface area contributed by atoms with Crippen molar-refractivity contribution in [2.45, 2.75) is 19.8 Å². The molecule has 0 bridgehead atoms. The van der Waals surface area contributed by atoms with Crippen LogP contribution in [0.5, 0.6) is 0 Å². The second-order valence-corrected chi connectivity index (χ2v) is 5.05. The summed E-state index contributed by atoms with van der Waals surface area (Å²) in [6, 6.07) is 6.82. The SMILES string of the molecule is CCOC(=O)CCc1ccc(C=CS(=O)(=O)F)cc1. The fraction of sp³-hybridized carbons (Fsp3) is 0.308. The molecule has 1 rings (SSSR count). The molecular formula is C13H15FO4S. The average molecular weight is 286 g/mol. The highest BCUT2D eigenvalue weighted by molar-refractivity contribution is 7.89. The number of aryl methyl sites for hydroxylation is 1. The molecular weight excluding hydrogens is 271 g/mol. The van der Waals surface area contributed by atoms with Gasteiger partial charge in [-0.25, -0.2) is 0 Å². The van der Waals surface area contributed by atoms with Gasteiger partial charge in [-0.05, 0) is 30.5 Å². The molecule has 6 heteroatoms. The van der Waals surface area contributed by atoms with Crippen molar-refractivity contribution in [1.82, 2.24) is 0 Å². The smallest absolute Gasteiger partial charge is 0.325 e. The first-order valence-electron chi connectivity index (χ1n) is 5.78. The van der Waals surface area contributed by atoms with Crippen LogP contribution < -0.4 is 0 Å². The Labute approximate surface area is 112 Å². The Hall–Kier alpha value is -1.69. The van der Waals surface area contributed by atoms with Gasteiger partial charge in [0.05, 0.1) is 12.0 Å². The minimum Gasteiger partial charge on any atom is -0.466 e. The van der Waals surface area contributed by atoms with Gasteiger partial charge in [-0.1, -0.05) is 24.3 Å². The minimum absolute atomic E-state index is 0.255. The highest BCUT2D eigenvalue weighted by atomic mass is 32.3. The molecule has 0 atom stereocenters. The Kier molecular flexibility index (Phi) is 5.69. The van der Waals surface area contributed by atoms with E-state index in [4.69, 9.17) is 4.74 Å². The molecule has 0 heterocycles. The van der Waals surface area contributed by atoms with E-state index in [9.17, 15) is 17.1 Å². The summed E-state index contributed by atoms with van der Waals surface area (Å²) in [5.41, 5.74) is 1.49. The predicted molar refractivity (Wildman–Crippen MR) is 70.5 cm³/mol. The van der Waals surface area contributed by atoms with Gasteiger partial charge in [-0.3, -0.25) is 4.79 Å². The molecule has 0 aliphatic carbocycles. The number of halogens is 1. The zero-order valence-corrected chi connectivity index (χ0v) is 11.3. The van der Waals surface area contributed by atoms with E-state index in [0.717, 1.165) is 5.56 Å². The van der Waals surface area contributed by atoms with Crippen LogP contribution >= 0.6 is 0 Å². The summed E-state index contributed by atoms with van der Waals surface area (Å²) in [6.45, 7) is 2.11. The lowest BCUT2D eigenvalue weighted by Crippen LogP contribution is -2.05. The molecule has 0 unspecified atom stereocenters. The Morgan fingerprint density at radius 3 is 2.47 bits per heavy atom. The van der Waals surface area contributed by atoms with Crippen molar-refractivity contribution in [3.63, 3.8) is 0 Å². The van der Waals surface area contributed by atoms with Gasteiger partial charge in [-0.15, -0.1) is 3.89 Å². The van der Waals surface area contributed by atoms with E-state index in [1.807, 2.05) is 0 Å². The van der Waals surface area contributed by atoms with Crippen molar-refractivity contribution in [3.8, 4) is 0 Å². The van der Waals surface area contributed by atoms with E-state index < -0.39 is 10.2 Å². The van der Waals surface area contributed by atoms with E-state index in [1.165, 1.54) is 6.08 Å². The molecule has 1 aromatic carbocycles. The summed E-state index contributed by atoms with van der Waals surface area (Å²) < 4.78 is 37.7. The van der Waals surface area contributed by atoms with Crippen LogP contribution in [-0.2, 0) is 26.2 Å². The quantitative estimate of drug-likeness (QED) is 0.595. The number of ether oxygens (including phenoxy) is 1. The van der Waals surface area contributed by atoms with E-state index in [1.54, 1.807) is 31.2 Å². The van der Waals surface area contributed by atoms with Crippen LogP contribution in [0.1, 0.15) is 24.5 Å².